The van der Waals surface area contributed by atoms with Gasteiger partial charge < -0.3 is 5.73 Å². The number of aryl methyl sites for hydroxylation is 1. The second-order valence-electron chi connectivity index (χ2n) is 1.93. The second-order valence-corrected chi connectivity index (χ2v) is 3.10. The average molecular weight is 152 g/mol. The zero-order valence-electron chi connectivity index (χ0n) is 5.72. The fraction of sp³-hybridized carbons (Fsp3) is 0.286. The molecule has 1 heterocycles. The summed E-state index contributed by atoms with van der Waals surface area (Å²) in [6.45, 7) is 8.78. The first-order chi connectivity index (χ1) is 4.77. The number of hydrogen-bond acceptors (Lipinski definition) is 2. The quantitative estimate of drug-likeness (QED) is 0.615. The van der Waals surface area contributed by atoms with Crippen LogP contribution in [0.3, 0.4) is 0 Å². The first kappa shape index (κ1) is 7.10. The number of thiophene rings is 1. The van der Waals surface area contributed by atoms with E-state index >= 15 is 0 Å². The van der Waals surface area contributed by atoms with Crippen molar-refractivity contribution in [2.75, 3.05) is 5.73 Å². The molecule has 0 atom stereocenters. The summed E-state index contributed by atoms with van der Waals surface area (Å²) in [5.41, 5.74) is 6.13. The highest BCUT2D eigenvalue weighted by Gasteiger charge is 2.02. The Morgan fingerprint density at radius 3 is 2.80 bits per heavy atom. The van der Waals surface area contributed by atoms with Crippen molar-refractivity contribution in [3.8, 4) is 0 Å². The minimum absolute atomic E-state index is 0.599. The third kappa shape index (κ3) is 1.12. The molecule has 0 aliphatic heterocycles. The van der Waals surface area contributed by atoms with Crippen molar-refractivity contribution in [2.45, 2.75) is 13.3 Å². The highest BCUT2D eigenvalue weighted by Crippen LogP contribution is 2.32. The lowest BCUT2D eigenvalue weighted by Crippen LogP contribution is -1.74. The summed E-state index contributed by atoms with van der Waals surface area (Å²) in [7, 11) is 0. The Labute approximate surface area is 64.1 Å². The maximum absolute atomic E-state index is 6.72. The molecule has 1 aromatic heterocycles. The smallest absolute Gasteiger partial charge is 0.220 e. The summed E-state index contributed by atoms with van der Waals surface area (Å²) >= 11 is 1.50. The Kier molecular flexibility index (Phi) is 1.93. The summed E-state index contributed by atoms with van der Waals surface area (Å²) in [5, 5.41) is 0.645. The van der Waals surface area contributed by atoms with Crippen LogP contribution in [0.2, 0.25) is 0 Å². The molecule has 52 valence electrons. The average Bonchev–Trinajstić information content (AvgIpc) is 2.30. The highest BCUT2D eigenvalue weighted by molar-refractivity contribution is 7.16. The summed E-state index contributed by atoms with van der Waals surface area (Å²) in [5.74, 6) is 0. The van der Waals surface area contributed by atoms with E-state index in [1.807, 2.05) is 6.07 Å². The molecule has 0 saturated heterocycles. The Balaban J connectivity index is 3.07. The van der Waals surface area contributed by atoms with E-state index in [-0.39, 0.29) is 0 Å². The third-order valence-electron chi connectivity index (χ3n) is 1.26. The zero-order valence-corrected chi connectivity index (χ0v) is 6.53. The molecule has 0 fully saturated rings. The summed E-state index contributed by atoms with van der Waals surface area (Å²) in [6, 6.07) is 1.85. The van der Waals surface area contributed by atoms with E-state index in [0.29, 0.717) is 10.7 Å². The van der Waals surface area contributed by atoms with Gasteiger partial charge in [0.15, 0.2) is 0 Å². The molecule has 2 N–H and O–H groups in total. The second kappa shape index (κ2) is 2.72. The van der Waals surface area contributed by atoms with E-state index in [1.165, 1.54) is 16.2 Å². The Morgan fingerprint density at radius 1 is 1.80 bits per heavy atom. The third-order valence-corrected chi connectivity index (χ3v) is 2.36. The Morgan fingerprint density at radius 2 is 2.50 bits per heavy atom. The molecule has 0 unspecified atom stereocenters. The molecule has 1 aromatic rings. The molecule has 0 spiro atoms. The normalized spacial score (nSPS) is 9.20. The molecular weight excluding hydrogens is 144 g/mol. The van der Waals surface area contributed by atoms with Gasteiger partial charge >= 0.3 is 0 Å². The van der Waals surface area contributed by atoms with Crippen LogP contribution in [0.5, 0.6) is 0 Å². The number of anilines is 1. The molecule has 1 rings (SSSR count). The number of nitrogens with zero attached hydrogens (tertiary/aromatic N) is 1. The van der Waals surface area contributed by atoms with Crippen LogP contribution in [0.1, 0.15) is 11.8 Å². The van der Waals surface area contributed by atoms with E-state index in [0.717, 1.165) is 6.42 Å². The first-order valence-electron chi connectivity index (χ1n) is 3.03. The minimum Gasteiger partial charge on any atom is -0.399 e. The topological polar surface area (TPSA) is 30.4 Å². The van der Waals surface area contributed by atoms with E-state index in [4.69, 9.17) is 12.3 Å². The Hall–Kier alpha value is -1.01. The van der Waals surface area contributed by atoms with E-state index in [9.17, 15) is 0 Å². The van der Waals surface area contributed by atoms with Crippen LogP contribution in [0.15, 0.2) is 6.07 Å². The van der Waals surface area contributed by atoms with Gasteiger partial charge in [-0.3, -0.25) is 0 Å². The first-order valence-corrected chi connectivity index (χ1v) is 3.85. The van der Waals surface area contributed by atoms with Crippen molar-refractivity contribution in [1.29, 1.82) is 0 Å². The van der Waals surface area contributed by atoms with Crippen molar-refractivity contribution >= 4 is 22.0 Å². The summed E-state index contributed by atoms with van der Waals surface area (Å²) in [6.07, 6.45) is 0.963. The van der Waals surface area contributed by atoms with E-state index < -0.39 is 0 Å². The van der Waals surface area contributed by atoms with Gasteiger partial charge in [0.05, 0.1) is 11.6 Å². The SMILES string of the molecule is [C-]#[N+]c1cc(CC)sc1N. The molecule has 0 amide bonds. The molecule has 0 aromatic carbocycles. The standard InChI is InChI=1S/C7H8N2S/c1-3-5-4-6(9-2)7(8)10-5/h4H,3,8H2,1H3. The van der Waals surface area contributed by atoms with Crippen LogP contribution < -0.4 is 5.73 Å². The molecule has 3 heteroatoms. The molecular formula is C7H8N2S. The zero-order chi connectivity index (χ0) is 7.56. The minimum atomic E-state index is 0.599. The van der Waals surface area contributed by atoms with Gasteiger partial charge in [0.1, 0.15) is 0 Å². The van der Waals surface area contributed by atoms with Gasteiger partial charge in [-0.2, -0.15) is 0 Å². The van der Waals surface area contributed by atoms with Gasteiger partial charge in [-0.25, -0.2) is 4.85 Å². The van der Waals surface area contributed by atoms with Crippen molar-refractivity contribution in [1.82, 2.24) is 0 Å². The fourth-order valence-electron chi connectivity index (χ4n) is 0.708. The van der Waals surface area contributed by atoms with Crippen LogP contribution >= 0.6 is 11.3 Å². The van der Waals surface area contributed by atoms with Crippen LogP contribution in [0.25, 0.3) is 4.85 Å². The number of rotatable bonds is 1. The molecule has 0 saturated carbocycles. The molecule has 0 bridgehead atoms. The number of nitrogen functional groups attached to an aromatic ring is 1. The molecule has 10 heavy (non-hydrogen) atoms. The van der Waals surface area contributed by atoms with Gasteiger partial charge in [-0.1, -0.05) is 6.92 Å². The lowest BCUT2D eigenvalue weighted by molar-refractivity contribution is 1.19. The summed E-state index contributed by atoms with van der Waals surface area (Å²) in [4.78, 5) is 4.46. The van der Waals surface area contributed by atoms with Crippen LogP contribution in [0.4, 0.5) is 10.7 Å². The molecule has 0 aliphatic rings. The monoisotopic (exact) mass is 152 g/mol. The highest BCUT2D eigenvalue weighted by atomic mass is 32.1. The molecule has 2 nitrogen and oxygen atoms in total. The number of hydrogen-bond donors (Lipinski definition) is 1. The summed E-state index contributed by atoms with van der Waals surface area (Å²) < 4.78 is 0. The maximum atomic E-state index is 6.72. The van der Waals surface area contributed by atoms with Gasteiger partial charge in [0.25, 0.3) is 0 Å². The predicted molar refractivity (Wildman–Crippen MR) is 44.4 cm³/mol. The fourth-order valence-corrected chi connectivity index (χ4v) is 1.51. The predicted octanol–water partition coefficient (Wildman–Crippen LogP) is 2.44. The van der Waals surface area contributed by atoms with Gasteiger partial charge in [0, 0.05) is 0 Å². The van der Waals surface area contributed by atoms with Crippen molar-refractivity contribution in [3.05, 3.63) is 22.4 Å². The van der Waals surface area contributed by atoms with E-state index in [2.05, 4.69) is 11.8 Å². The molecule has 0 radical (unpaired) electrons. The lowest BCUT2D eigenvalue weighted by Gasteiger charge is -1.81. The van der Waals surface area contributed by atoms with Gasteiger partial charge in [-0.15, -0.1) is 11.3 Å². The van der Waals surface area contributed by atoms with Crippen molar-refractivity contribution in [3.63, 3.8) is 0 Å². The maximum Gasteiger partial charge on any atom is 0.220 e. The Bertz CT molecular complexity index is 270. The van der Waals surface area contributed by atoms with Crippen LogP contribution in [-0.4, -0.2) is 0 Å². The van der Waals surface area contributed by atoms with Crippen LogP contribution in [0, 0.1) is 6.57 Å². The van der Waals surface area contributed by atoms with E-state index in [1.54, 1.807) is 0 Å². The van der Waals surface area contributed by atoms with Crippen molar-refractivity contribution < 1.29 is 0 Å². The largest absolute Gasteiger partial charge is 0.399 e. The lowest BCUT2D eigenvalue weighted by atomic mass is 10.3. The van der Waals surface area contributed by atoms with Gasteiger partial charge in [0.2, 0.25) is 5.69 Å². The van der Waals surface area contributed by atoms with Crippen LogP contribution in [-0.2, 0) is 6.42 Å². The number of nitrogens with two attached hydrogens (primary N) is 1. The molecule has 0 aliphatic carbocycles. The van der Waals surface area contributed by atoms with Gasteiger partial charge in [-0.05, 0) is 17.4 Å². The van der Waals surface area contributed by atoms with Crippen molar-refractivity contribution in [2.24, 2.45) is 0 Å².